The van der Waals surface area contributed by atoms with E-state index in [4.69, 9.17) is 15.0 Å². The Labute approximate surface area is 433 Å². The SMILES string of the molecule is C1=Cc2c(c3c(-c4cccc5c4c4ccccc4n5-c4cc(-c5ccccc5)ccc4-c4nc(-c5ccccc5)nc(-c5cccc6c5c5ccccc5n6-c5ccccc5)n4)cccc3n2-c2ccccc2)CC1. The molecule has 14 aromatic rings. The number of benzene rings is 10. The summed E-state index contributed by atoms with van der Waals surface area (Å²) in [5, 5.41) is 5.91. The third-order valence-electron chi connectivity index (χ3n) is 15.2. The monoisotopic (exact) mass is 958 g/mol. The second kappa shape index (κ2) is 17.4. The summed E-state index contributed by atoms with van der Waals surface area (Å²) in [5.74, 6) is 1.80. The molecule has 0 atom stereocenters. The van der Waals surface area contributed by atoms with E-state index in [2.05, 4.69) is 250 Å². The lowest BCUT2D eigenvalue weighted by Gasteiger charge is -2.17. The summed E-state index contributed by atoms with van der Waals surface area (Å²) in [5.41, 5.74) is 18.9. The zero-order chi connectivity index (χ0) is 49.4. The molecular weight excluding hydrogens is 913 g/mol. The van der Waals surface area contributed by atoms with Crippen LogP contribution in [0.1, 0.15) is 17.7 Å². The maximum atomic E-state index is 5.59. The lowest BCUT2D eigenvalue weighted by atomic mass is 9.92. The van der Waals surface area contributed by atoms with Crippen LogP contribution in [0.25, 0.3) is 134 Å². The van der Waals surface area contributed by atoms with Crippen LogP contribution < -0.4 is 0 Å². The van der Waals surface area contributed by atoms with Gasteiger partial charge in [0, 0.05) is 60.7 Å². The molecular formula is C69H46N6. The number of hydrogen-bond acceptors (Lipinski definition) is 3. The van der Waals surface area contributed by atoms with E-state index in [1.165, 1.54) is 49.7 Å². The number of allylic oxidation sites excluding steroid dienone is 1. The quantitative estimate of drug-likeness (QED) is 0.152. The van der Waals surface area contributed by atoms with Gasteiger partial charge in [0.05, 0.1) is 33.3 Å². The zero-order valence-electron chi connectivity index (χ0n) is 40.8. The summed E-state index contributed by atoms with van der Waals surface area (Å²) in [7, 11) is 0. The Morgan fingerprint density at radius 1 is 0.320 bits per heavy atom. The first kappa shape index (κ1) is 42.7. The summed E-state index contributed by atoms with van der Waals surface area (Å²) in [4.78, 5) is 16.4. The average molecular weight is 959 g/mol. The van der Waals surface area contributed by atoms with Crippen LogP contribution in [0, 0.1) is 0 Å². The van der Waals surface area contributed by atoms with Crippen LogP contribution in [-0.2, 0) is 6.42 Å². The van der Waals surface area contributed by atoms with Crippen molar-refractivity contribution in [3.05, 3.63) is 260 Å². The van der Waals surface area contributed by atoms with Crippen molar-refractivity contribution in [2.75, 3.05) is 0 Å². The number of para-hydroxylation sites is 4. The molecule has 6 nitrogen and oxygen atoms in total. The fourth-order valence-electron chi connectivity index (χ4n) is 12.0. The third-order valence-corrected chi connectivity index (χ3v) is 15.2. The van der Waals surface area contributed by atoms with Crippen LogP contribution in [0.2, 0.25) is 0 Å². The predicted octanol–water partition coefficient (Wildman–Crippen LogP) is 17.3. The van der Waals surface area contributed by atoms with Crippen LogP contribution in [0.15, 0.2) is 249 Å². The van der Waals surface area contributed by atoms with E-state index in [1.807, 2.05) is 18.2 Å². The Balaban J connectivity index is 1.01. The van der Waals surface area contributed by atoms with E-state index >= 15 is 0 Å². The highest BCUT2D eigenvalue weighted by atomic mass is 15.1. The van der Waals surface area contributed by atoms with Gasteiger partial charge in [-0.2, -0.15) is 0 Å². The molecule has 0 N–H and O–H groups in total. The Kier molecular flexibility index (Phi) is 9.91. The van der Waals surface area contributed by atoms with E-state index in [-0.39, 0.29) is 0 Å². The normalized spacial score (nSPS) is 12.4. The van der Waals surface area contributed by atoms with Gasteiger partial charge in [0.1, 0.15) is 0 Å². The minimum Gasteiger partial charge on any atom is -0.310 e. The predicted molar refractivity (Wildman–Crippen MR) is 310 cm³/mol. The van der Waals surface area contributed by atoms with Gasteiger partial charge >= 0.3 is 0 Å². The smallest absolute Gasteiger partial charge is 0.166 e. The molecule has 4 aromatic heterocycles. The maximum Gasteiger partial charge on any atom is 0.166 e. The van der Waals surface area contributed by atoms with Crippen LogP contribution in [0.4, 0.5) is 0 Å². The highest BCUT2D eigenvalue weighted by molar-refractivity contribution is 6.19. The molecule has 352 valence electrons. The fraction of sp³-hybridized carbons (Fsp3) is 0.0290. The summed E-state index contributed by atoms with van der Waals surface area (Å²) in [6.07, 6.45) is 6.63. The first-order chi connectivity index (χ1) is 37.2. The van der Waals surface area contributed by atoms with Gasteiger partial charge in [0.15, 0.2) is 17.5 Å². The van der Waals surface area contributed by atoms with Gasteiger partial charge in [0.25, 0.3) is 0 Å². The lowest BCUT2D eigenvalue weighted by molar-refractivity contribution is 0.968. The van der Waals surface area contributed by atoms with Crippen molar-refractivity contribution in [1.82, 2.24) is 28.7 Å². The molecule has 15 rings (SSSR count). The fourth-order valence-corrected chi connectivity index (χ4v) is 12.0. The lowest BCUT2D eigenvalue weighted by Crippen LogP contribution is -2.04. The number of fused-ring (bicyclic) bond motifs is 9. The van der Waals surface area contributed by atoms with Gasteiger partial charge in [-0.3, -0.25) is 0 Å². The Bertz CT molecular complexity index is 4560. The molecule has 1 aliphatic carbocycles. The van der Waals surface area contributed by atoms with Crippen LogP contribution in [0.3, 0.4) is 0 Å². The third kappa shape index (κ3) is 6.84. The van der Waals surface area contributed by atoms with Crippen molar-refractivity contribution in [2.24, 2.45) is 0 Å². The van der Waals surface area contributed by atoms with Gasteiger partial charge in [-0.05, 0) is 113 Å². The summed E-state index contributed by atoms with van der Waals surface area (Å²) < 4.78 is 7.24. The molecule has 0 saturated heterocycles. The van der Waals surface area contributed by atoms with Crippen LogP contribution >= 0.6 is 0 Å². The minimum absolute atomic E-state index is 0.589. The molecule has 0 unspecified atom stereocenters. The van der Waals surface area contributed by atoms with E-state index in [0.29, 0.717) is 17.5 Å². The van der Waals surface area contributed by atoms with Crippen molar-refractivity contribution in [3.63, 3.8) is 0 Å². The molecule has 0 aliphatic heterocycles. The number of rotatable bonds is 8. The number of hydrogen-bond donors (Lipinski definition) is 0. The molecule has 0 amide bonds. The van der Waals surface area contributed by atoms with Crippen LogP contribution in [-0.4, -0.2) is 28.7 Å². The molecule has 10 aromatic carbocycles. The van der Waals surface area contributed by atoms with Gasteiger partial charge in [-0.1, -0.05) is 182 Å². The summed E-state index contributed by atoms with van der Waals surface area (Å²) >= 11 is 0. The summed E-state index contributed by atoms with van der Waals surface area (Å²) in [6.45, 7) is 0. The largest absolute Gasteiger partial charge is 0.310 e. The van der Waals surface area contributed by atoms with Crippen LogP contribution in [0.5, 0.6) is 0 Å². The molecule has 6 heteroatoms. The number of aromatic nitrogens is 6. The van der Waals surface area contributed by atoms with Gasteiger partial charge in [-0.25, -0.2) is 15.0 Å². The first-order valence-electron chi connectivity index (χ1n) is 25.8. The average Bonchev–Trinajstić information content (AvgIpc) is 4.22. The molecule has 4 heterocycles. The standard InChI is InChI=1S/C69H46N6/c1-5-22-45(23-6-1)47-42-43-55(68-70-67(46-24-7-2-8-25-46)71-69(72-68)56-35-21-40-61-66(56)53-31-14-17-37-58(53)74(61)49-28-11-4-12-29-49)63(44-47)75-59-38-18-15-32-54(59)65-51(34-20-41-62(65)75)50-33-19-39-60-64(50)52-30-13-16-36-57(52)73(60)48-26-9-3-10-27-48/h1-12,14-29,31-44H,13,30H2. The minimum atomic E-state index is 0.589. The molecule has 0 bridgehead atoms. The van der Waals surface area contributed by atoms with Gasteiger partial charge < -0.3 is 13.7 Å². The second-order valence-electron chi connectivity index (χ2n) is 19.4. The van der Waals surface area contributed by atoms with Crippen molar-refractivity contribution < 1.29 is 0 Å². The van der Waals surface area contributed by atoms with Gasteiger partial charge in [0.2, 0.25) is 0 Å². The maximum absolute atomic E-state index is 5.59. The molecule has 0 radical (unpaired) electrons. The zero-order valence-corrected chi connectivity index (χ0v) is 40.8. The highest BCUT2D eigenvalue weighted by Gasteiger charge is 2.26. The molecule has 75 heavy (non-hydrogen) atoms. The first-order valence-corrected chi connectivity index (χ1v) is 25.8. The van der Waals surface area contributed by atoms with E-state index in [1.54, 1.807) is 0 Å². The Hall–Kier alpha value is -9.91. The Morgan fingerprint density at radius 2 is 0.800 bits per heavy atom. The van der Waals surface area contributed by atoms with Crippen molar-refractivity contribution in [2.45, 2.75) is 12.8 Å². The van der Waals surface area contributed by atoms with Crippen molar-refractivity contribution in [3.8, 4) is 73.5 Å². The van der Waals surface area contributed by atoms with E-state index in [0.717, 1.165) is 84.9 Å². The molecule has 0 fully saturated rings. The summed E-state index contributed by atoms with van der Waals surface area (Å²) in [6, 6.07) is 86.7. The van der Waals surface area contributed by atoms with E-state index < -0.39 is 0 Å². The molecule has 0 saturated carbocycles. The topological polar surface area (TPSA) is 53.5 Å². The highest BCUT2D eigenvalue weighted by Crippen LogP contribution is 2.46. The second-order valence-corrected chi connectivity index (χ2v) is 19.4. The molecule has 0 spiro atoms. The van der Waals surface area contributed by atoms with E-state index in [9.17, 15) is 0 Å². The number of aryl methyl sites for hydroxylation is 1. The molecule has 1 aliphatic rings. The van der Waals surface area contributed by atoms with Crippen molar-refractivity contribution in [1.29, 1.82) is 0 Å². The number of nitrogens with zero attached hydrogens (tertiary/aromatic N) is 6. The Morgan fingerprint density at radius 3 is 1.47 bits per heavy atom. The van der Waals surface area contributed by atoms with Crippen molar-refractivity contribution >= 4 is 60.6 Å². The van der Waals surface area contributed by atoms with Gasteiger partial charge in [-0.15, -0.1) is 0 Å².